The third-order valence-corrected chi connectivity index (χ3v) is 5.05. The summed E-state index contributed by atoms with van der Waals surface area (Å²) in [4.78, 5) is 14.4. The lowest BCUT2D eigenvalue weighted by Gasteiger charge is -2.27. The van der Waals surface area contributed by atoms with Crippen LogP contribution in [0.25, 0.3) is 11.3 Å². The summed E-state index contributed by atoms with van der Waals surface area (Å²) in [7, 11) is 0. The number of nitrogens with one attached hydrogen (secondary N) is 1. The van der Waals surface area contributed by atoms with Crippen LogP contribution in [0.3, 0.4) is 0 Å². The number of fused-ring (bicyclic) bond motifs is 1. The Kier molecular flexibility index (Phi) is 4.63. The summed E-state index contributed by atoms with van der Waals surface area (Å²) in [6.45, 7) is 0.804. The monoisotopic (exact) mass is 405 g/mol. The normalized spacial score (nSPS) is 14.1. The van der Waals surface area contributed by atoms with Gasteiger partial charge in [-0.1, -0.05) is 23.7 Å². The molecule has 8 heteroatoms. The van der Waals surface area contributed by atoms with Gasteiger partial charge in [0.15, 0.2) is 0 Å². The fourth-order valence-electron chi connectivity index (χ4n) is 3.30. The molecule has 144 valence electrons. The number of aromatic amines is 1. The maximum atomic E-state index is 12.8. The summed E-state index contributed by atoms with van der Waals surface area (Å²) in [6, 6.07) is 11.5. The number of carbonyl (C=O) groups is 1. The predicted molar refractivity (Wildman–Crippen MR) is 98.9 cm³/mol. The molecule has 4 nitrogen and oxygen atoms in total. The summed E-state index contributed by atoms with van der Waals surface area (Å²) >= 11 is 5.94. The quantitative estimate of drug-likeness (QED) is 0.656. The maximum absolute atomic E-state index is 12.8. The SMILES string of the molecule is O=C(c1ccc(C(F)(F)F)cc1)N1CCc2[nH]nc(-c3ccc(Cl)cc3)c2C1. The minimum atomic E-state index is -4.42. The molecule has 2 heterocycles. The Labute approximate surface area is 163 Å². The first-order valence-corrected chi connectivity index (χ1v) is 8.99. The second kappa shape index (κ2) is 6.98. The van der Waals surface area contributed by atoms with Crippen molar-refractivity contribution in [1.29, 1.82) is 0 Å². The number of amides is 1. The van der Waals surface area contributed by atoms with E-state index < -0.39 is 11.7 Å². The second-order valence-electron chi connectivity index (χ2n) is 6.59. The van der Waals surface area contributed by atoms with Gasteiger partial charge in [-0.05, 0) is 36.4 Å². The Bertz CT molecular complexity index is 1010. The molecule has 0 saturated carbocycles. The number of hydrogen-bond donors (Lipinski definition) is 1. The first kappa shape index (κ1) is 18.6. The molecule has 0 fully saturated rings. The van der Waals surface area contributed by atoms with E-state index in [1.165, 1.54) is 12.1 Å². The number of alkyl halides is 3. The Morgan fingerprint density at radius 2 is 1.75 bits per heavy atom. The van der Waals surface area contributed by atoms with Gasteiger partial charge in [-0.25, -0.2) is 0 Å². The van der Waals surface area contributed by atoms with Crippen molar-refractivity contribution in [3.63, 3.8) is 0 Å². The van der Waals surface area contributed by atoms with E-state index in [-0.39, 0.29) is 11.5 Å². The average molecular weight is 406 g/mol. The Morgan fingerprint density at radius 1 is 1.07 bits per heavy atom. The summed E-state index contributed by atoms with van der Waals surface area (Å²) in [6.07, 6.45) is -3.83. The first-order valence-electron chi connectivity index (χ1n) is 8.61. The second-order valence-corrected chi connectivity index (χ2v) is 7.02. The molecule has 1 aliphatic rings. The molecule has 3 aromatic rings. The van der Waals surface area contributed by atoms with E-state index in [1.807, 2.05) is 12.1 Å². The molecule has 1 aliphatic heterocycles. The van der Waals surface area contributed by atoms with Crippen molar-refractivity contribution in [3.05, 3.63) is 75.9 Å². The van der Waals surface area contributed by atoms with E-state index in [0.29, 0.717) is 24.5 Å². The highest BCUT2D eigenvalue weighted by molar-refractivity contribution is 6.30. The standard InChI is InChI=1S/C20H15ClF3N3O/c21-15-7-3-12(4-8-15)18-16-11-27(10-9-17(16)25-26-18)19(28)13-1-5-14(6-2-13)20(22,23)24/h1-8H,9-11H2,(H,25,26). The molecule has 0 saturated heterocycles. The molecule has 4 rings (SSSR count). The van der Waals surface area contributed by atoms with Crippen molar-refractivity contribution in [2.45, 2.75) is 19.1 Å². The minimum absolute atomic E-state index is 0.230. The highest BCUT2D eigenvalue weighted by Gasteiger charge is 2.31. The zero-order valence-corrected chi connectivity index (χ0v) is 15.3. The van der Waals surface area contributed by atoms with Crippen LogP contribution in [0.15, 0.2) is 48.5 Å². The third kappa shape index (κ3) is 3.49. The van der Waals surface area contributed by atoms with Crippen molar-refractivity contribution in [2.75, 3.05) is 6.54 Å². The van der Waals surface area contributed by atoms with Crippen molar-refractivity contribution in [3.8, 4) is 11.3 Å². The molecule has 1 aromatic heterocycles. The molecule has 28 heavy (non-hydrogen) atoms. The van der Waals surface area contributed by atoms with Gasteiger partial charge in [-0.15, -0.1) is 0 Å². The fourth-order valence-corrected chi connectivity index (χ4v) is 3.43. The van der Waals surface area contributed by atoms with E-state index in [0.717, 1.165) is 34.6 Å². The van der Waals surface area contributed by atoms with E-state index in [1.54, 1.807) is 17.0 Å². The van der Waals surface area contributed by atoms with Crippen LogP contribution < -0.4 is 0 Å². The van der Waals surface area contributed by atoms with Crippen LogP contribution in [-0.4, -0.2) is 27.5 Å². The lowest BCUT2D eigenvalue weighted by molar-refractivity contribution is -0.137. The summed E-state index contributed by atoms with van der Waals surface area (Å²) in [5.41, 5.74) is 2.95. The van der Waals surface area contributed by atoms with Gasteiger partial charge in [0, 0.05) is 46.9 Å². The molecular formula is C20H15ClF3N3O. The van der Waals surface area contributed by atoms with Crippen LogP contribution in [0.5, 0.6) is 0 Å². The number of benzene rings is 2. The van der Waals surface area contributed by atoms with Gasteiger partial charge in [-0.2, -0.15) is 18.3 Å². The number of nitrogens with zero attached hydrogens (tertiary/aromatic N) is 2. The van der Waals surface area contributed by atoms with Crippen LogP contribution in [0.2, 0.25) is 5.02 Å². The lowest BCUT2D eigenvalue weighted by Crippen LogP contribution is -2.36. The lowest BCUT2D eigenvalue weighted by atomic mass is 10.00. The fraction of sp³-hybridized carbons (Fsp3) is 0.200. The molecule has 0 radical (unpaired) electrons. The molecule has 1 amide bonds. The molecule has 0 bridgehead atoms. The minimum Gasteiger partial charge on any atom is -0.334 e. The number of halogens is 4. The smallest absolute Gasteiger partial charge is 0.334 e. The van der Waals surface area contributed by atoms with Crippen LogP contribution >= 0.6 is 11.6 Å². The van der Waals surface area contributed by atoms with E-state index in [4.69, 9.17) is 11.6 Å². The predicted octanol–water partition coefficient (Wildman–Crippen LogP) is 4.95. The molecule has 1 N–H and O–H groups in total. The highest BCUT2D eigenvalue weighted by Crippen LogP contribution is 2.31. The zero-order valence-electron chi connectivity index (χ0n) is 14.6. The topological polar surface area (TPSA) is 49.0 Å². The van der Waals surface area contributed by atoms with Gasteiger partial charge in [0.25, 0.3) is 5.91 Å². The molecule has 2 aromatic carbocycles. The van der Waals surface area contributed by atoms with Gasteiger partial charge in [0.2, 0.25) is 0 Å². The number of aromatic nitrogens is 2. The first-order chi connectivity index (χ1) is 13.3. The van der Waals surface area contributed by atoms with E-state index >= 15 is 0 Å². The van der Waals surface area contributed by atoms with Crippen LogP contribution in [0, 0.1) is 0 Å². The van der Waals surface area contributed by atoms with Crippen LogP contribution in [0.1, 0.15) is 27.2 Å². The number of carbonyl (C=O) groups excluding carboxylic acids is 1. The molecule has 0 atom stereocenters. The molecule has 0 spiro atoms. The summed E-state index contributed by atoms with van der Waals surface area (Å²) in [5.74, 6) is -0.303. The van der Waals surface area contributed by atoms with Crippen molar-refractivity contribution in [1.82, 2.24) is 15.1 Å². The summed E-state index contributed by atoms with van der Waals surface area (Å²) < 4.78 is 38.2. The van der Waals surface area contributed by atoms with Crippen molar-refractivity contribution in [2.24, 2.45) is 0 Å². The average Bonchev–Trinajstić information content (AvgIpc) is 3.10. The summed E-state index contributed by atoms with van der Waals surface area (Å²) in [5, 5.41) is 8.01. The molecular weight excluding hydrogens is 391 g/mol. The van der Waals surface area contributed by atoms with E-state index in [9.17, 15) is 18.0 Å². The Morgan fingerprint density at radius 3 is 2.39 bits per heavy atom. The van der Waals surface area contributed by atoms with Gasteiger partial charge >= 0.3 is 6.18 Å². The van der Waals surface area contributed by atoms with E-state index in [2.05, 4.69) is 10.2 Å². The maximum Gasteiger partial charge on any atom is 0.416 e. The van der Waals surface area contributed by atoms with Crippen LogP contribution in [-0.2, 0) is 19.1 Å². The zero-order chi connectivity index (χ0) is 19.9. The van der Waals surface area contributed by atoms with Gasteiger partial charge in [0.1, 0.15) is 0 Å². The van der Waals surface area contributed by atoms with Crippen molar-refractivity contribution >= 4 is 17.5 Å². The van der Waals surface area contributed by atoms with Gasteiger partial charge in [0.05, 0.1) is 11.3 Å². The largest absolute Gasteiger partial charge is 0.416 e. The van der Waals surface area contributed by atoms with Crippen molar-refractivity contribution < 1.29 is 18.0 Å². The number of hydrogen-bond acceptors (Lipinski definition) is 2. The Balaban J connectivity index is 1.57. The number of H-pyrrole nitrogens is 1. The van der Waals surface area contributed by atoms with Gasteiger partial charge in [-0.3, -0.25) is 9.89 Å². The Hall–Kier alpha value is -2.80. The highest BCUT2D eigenvalue weighted by atomic mass is 35.5. The molecule has 0 unspecified atom stereocenters. The third-order valence-electron chi connectivity index (χ3n) is 4.80. The van der Waals surface area contributed by atoms with Gasteiger partial charge < -0.3 is 4.90 Å². The van der Waals surface area contributed by atoms with Crippen LogP contribution in [0.4, 0.5) is 13.2 Å². The number of rotatable bonds is 2. The molecule has 0 aliphatic carbocycles.